The third kappa shape index (κ3) is 4.39. The second-order valence-corrected chi connectivity index (χ2v) is 6.73. The van der Waals surface area contributed by atoms with E-state index in [1.54, 1.807) is 0 Å². The lowest BCUT2D eigenvalue weighted by atomic mass is 10.1. The highest BCUT2D eigenvalue weighted by molar-refractivity contribution is 7.89. The van der Waals surface area contributed by atoms with Gasteiger partial charge in [0.1, 0.15) is 5.82 Å². The monoisotopic (exact) mass is 308 g/mol. The minimum atomic E-state index is -3.40. The highest BCUT2D eigenvalue weighted by Gasteiger charge is 2.14. The second-order valence-electron chi connectivity index (χ2n) is 4.66. The Bertz CT molecular complexity index is 734. The third-order valence-corrected chi connectivity index (χ3v) is 4.43. The SMILES string of the molecule is O=C(O)c1ccc(CS(=O)(=O)Cc2ccc(F)cc2)cc1. The molecule has 0 aliphatic carbocycles. The smallest absolute Gasteiger partial charge is 0.335 e. The molecule has 110 valence electrons. The van der Waals surface area contributed by atoms with Crippen molar-refractivity contribution in [3.63, 3.8) is 0 Å². The van der Waals surface area contributed by atoms with E-state index in [9.17, 15) is 17.6 Å². The summed E-state index contributed by atoms with van der Waals surface area (Å²) in [6, 6.07) is 11.0. The molecule has 21 heavy (non-hydrogen) atoms. The molecule has 0 unspecified atom stereocenters. The van der Waals surface area contributed by atoms with Crippen LogP contribution in [0.3, 0.4) is 0 Å². The van der Waals surface area contributed by atoms with E-state index in [1.165, 1.54) is 48.5 Å². The lowest BCUT2D eigenvalue weighted by Crippen LogP contribution is -2.08. The Labute approximate surface area is 121 Å². The highest BCUT2D eigenvalue weighted by Crippen LogP contribution is 2.14. The molecular formula is C15H13FO4S. The number of rotatable bonds is 5. The molecule has 6 heteroatoms. The van der Waals surface area contributed by atoms with E-state index in [-0.39, 0.29) is 17.1 Å². The Hall–Kier alpha value is -2.21. The summed E-state index contributed by atoms with van der Waals surface area (Å²) in [6.45, 7) is 0. The maximum absolute atomic E-state index is 12.8. The quantitative estimate of drug-likeness (QED) is 0.921. The van der Waals surface area contributed by atoms with Gasteiger partial charge in [0.25, 0.3) is 0 Å². The van der Waals surface area contributed by atoms with E-state index >= 15 is 0 Å². The van der Waals surface area contributed by atoms with Crippen LogP contribution in [-0.4, -0.2) is 19.5 Å². The van der Waals surface area contributed by atoms with Crippen LogP contribution < -0.4 is 0 Å². The Morgan fingerprint density at radius 2 is 1.33 bits per heavy atom. The van der Waals surface area contributed by atoms with Crippen molar-refractivity contribution in [3.05, 3.63) is 71.0 Å². The van der Waals surface area contributed by atoms with E-state index in [4.69, 9.17) is 5.11 Å². The molecule has 0 aromatic heterocycles. The topological polar surface area (TPSA) is 71.4 Å². The molecule has 0 amide bonds. The van der Waals surface area contributed by atoms with Gasteiger partial charge in [-0.25, -0.2) is 17.6 Å². The van der Waals surface area contributed by atoms with Gasteiger partial charge in [0, 0.05) is 0 Å². The molecule has 0 radical (unpaired) electrons. The zero-order valence-electron chi connectivity index (χ0n) is 11.0. The predicted octanol–water partition coefficient (Wildman–Crippen LogP) is 2.64. The molecule has 0 heterocycles. The van der Waals surface area contributed by atoms with Gasteiger partial charge in [0.05, 0.1) is 17.1 Å². The fraction of sp³-hybridized carbons (Fsp3) is 0.133. The molecule has 1 N–H and O–H groups in total. The molecule has 2 aromatic carbocycles. The summed E-state index contributed by atoms with van der Waals surface area (Å²) in [7, 11) is -3.40. The summed E-state index contributed by atoms with van der Waals surface area (Å²) in [5.41, 5.74) is 1.13. The summed E-state index contributed by atoms with van der Waals surface area (Å²) in [6.07, 6.45) is 0. The number of hydrogen-bond acceptors (Lipinski definition) is 3. The summed E-state index contributed by atoms with van der Waals surface area (Å²) < 4.78 is 36.9. The maximum Gasteiger partial charge on any atom is 0.335 e. The van der Waals surface area contributed by atoms with Gasteiger partial charge in [-0.3, -0.25) is 0 Å². The van der Waals surface area contributed by atoms with Crippen molar-refractivity contribution < 1.29 is 22.7 Å². The number of hydrogen-bond donors (Lipinski definition) is 1. The van der Waals surface area contributed by atoms with Crippen LogP contribution in [0.25, 0.3) is 0 Å². The molecule has 2 rings (SSSR count). The van der Waals surface area contributed by atoms with Crippen molar-refractivity contribution in [2.75, 3.05) is 0 Å². The number of carbonyl (C=O) groups is 1. The molecule has 0 fully saturated rings. The summed E-state index contributed by atoms with van der Waals surface area (Å²) in [5, 5.41) is 8.78. The fourth-order valence-electron chi connectivity index (χ4n) is 1.88. The first-order valence-electron chi connectivity index (χ1n) is 6.13. The van der Waals surface area contributed by atoms with Gasteiger partial charge in [0.15, 0.2) is 9.84 Å². The van der Waals surface area contributed by atoms with Crippen LogP contribution >= 0.6 is 0 Å². The molecule has 0 saturated heterocycles. The standard InChI is InChI=1S/C15H13FO4S/c16-14-7-3-12(4-8-14)10-21(19,20)9-11-1-5-13(6-2-11)15(17)18/h1-8H,9-10H2,(H,17,18). The maximum atomic E-state index is 12.8. The zero-order chi connectivity index (χ0) is 15.5. The van der Waals surface area contributed by atoms with Crippen LogP contribution in [0.1, 0.15) is 21.5 Å². The van der Waals surface area contributed by atoms with Crippen molar-refractivity contribution >= 4 is 15.8 Å². The Morgan fingerprint density at radius 1 is 0.905 bits per heavy atom. The lowest BCUT2D eigenvalue weighted by Gasteiger charge is -2.05. The molecule has 2 aromatic rings. The Morgan fingerprint density at radius 3 is 1.76 bits per heavy atom. The Kier molecular flexibility index (Phi) is 4.37. The molecular weight excluding hydrogens is 295 g/mol. The number of aromatic carboxylic acids is 1. The van der Waals surface area contributed by atoms with E-state index in [1.807, 2.05) is 0 Å². The summed E-state index contributed by atoms with van der Waals surface area (Å²) >= 11 is 0. The van der Waals surface area contributed by atoms with Crippen LogP contribution in [-0.2, 0) is 21.3 Å². The largest absolute Gasteiger partial charge is 0.478 e. The molecule has 0 saturated carbocycles. The van der Waals surface area contributed by atoms with Gasteiger partial charge in [-0.1, -0.05) is 24.3 Å². The highest BCUT2D eigenvalue weighted by atomic mass is 32.2. The van der Waals surface area contributed by atoms with Gasteiger partial charge < -0.3 is 5.11 Å². The average molecular weight is 308 g/mol. The molecule has 0 aliphatic rings. The summed E-state index contributed by atoms with van der Waals surface area (Å²) in [4.78, 5) is 10.7. The number of carboxylic acids is 1. The average Bonchev–Trinajstić information content (AvgIpc) is 2.41. The van der Waals surface area contributed by atoms with Crippen LogP contribution in [0.5, 0.6) is 0 Å². The number of halogens is 1. The minimum absolute atomic E-state index is 0.106. The van der Waals surface area contributed by atoms with Gasteiger partial charge in [-0.15, -0.1) is 0 Å². The second kappa shape index (κ2) is 6.05. The van der Waals surface area contributed by atoms with Crippen LogP contribution in [0.15, 0.2) is 48.5 Å². The fourth-order valence-corrected chi connectivity index (χ4v) is 3.39. The molecule has 0 atom stereocenters. The summed E-state index contributed by atoms with van der Waals surface area (Å²) in [5.74, 6) is -1.85. The first kappa shape index (κ1) is 15.2. The van der Waals surface area contributed by atoms with Crippen molar-refractivity contribution in [1.82, 2.24) is 0 Å². The van der Waals surface area contributed by atoms with Crippen molar-refractivity contribution in [3.8, 4) is 0 Å². The first-order chi connectivity index (χ1) is 9.85. The van der Waals surface area contributed by atoms with Crippen molar-refractivity contribution in [2.24, 2.45) is 0 Å². The zero-order valence-corrected chi connectivity index (χ0v) is 11.8. The van der Waals surface area contributed by atoms with Gasteiger partial charge >= 0.3 is 5.97 Å². The van der Waals surface area contributed by atoms with E-state index in [0.29, 0.717) is 11.1 Å². The minimum Gasteiger partial charge on any atom is -0.478 e. The normalized spacial score (nSPS) is 11.3. The van der Waals surface area contributed by atoms with Crippen molar-refractivity contribution in [2.45, 2.75) is 11.5 Å². The van der Waals surface area contributed by atoms with Crippen LogP contribution in [0, 0.1) is 5.82 Å². The molecule has 0 spiro atoms. The first-order valence-corrected chi connectivity index (χ1v) is 7.95. The van der Waals surface area contributed by atoms with Crippen LogP contribution in [0.2, 0.25) is 0 Å². The van der Waals surface area contributed by atoms with Gasteiger partial charge in [0.2, 0.25) is 0 Å². The van der Waals surface area contributed by atoms with E-state index in [0.717, 1.165) is 0 Å². The molecule has 0 aliphatic heterocycles. The van der Waals surface area contributed by atoms with Crippen LogP contribution in [0.4, 0.5) is 4.39 Å². The molecule has 4 nitrogen and oxygen atoms in total. The number of sulfone groups is 1. The molecule has 0 bridgehead atoms. The van der Waals surface area contributed by atoms with Gasteiger partial charge in [-0.2, -0.15) is 0 Å². The third-order valence-electron chi connectivity index (χ3n) is 2.89. The number of benzene rings is 2. The van der Waals surface area contributed by atoms with E-state index < -0.39 is 21.6 Å². The Balaban J connectivity index is 2.10. The van der Waals surface area contributed by atoms with E-state index in [2.05, 4.69) is 0 Å². The predicted molar refractivity (Wildman–Crippen MR) is 76.1 cm³/mol. The number of carboxylic acid groups (broad SMARTS) is 1. The van der Waals surface area contributed by atoms with Gasteiger partial charge in [-0.05, 0) is 35.4 Å². The van der Waals surface area contributed by atoms with Crippen molar-refractivity contribution in [1.29, 1.82) is 0 Å². The lowest BCUT2D eigenvalue weighted by molar-refractivity contribution is 0.0697.